The molecule has 148 valence electrons. The SMILES string of the molecule is NC(=O)c1nc(-c2ccc3[nH]ccc3c2)oc1C1=CCC(N2CCNCC2)C=C1. The zero-order chi connectivity index (χ0) is 19.8. The molecule has 3 aromatic rings. The minimum Gasteiger partial charge on any atom is -0.435 e. The van der Waals surface area contributed by atoms with Gasteiger partial charge < -0.3 is 20.5 Å². The van der Waals surface area contributed by atoms with Gasteiger partial charge in [-0.25, -0.2) is 4.98 Å². The van der Waals surface area contributed by atoms with Gasteiger partial charge in [-0.15, -0.1) is 0 Å². The average Bonchev–Trinajstić information content (AvgIpc) is 3.41. The van der Waals surface area contributed by atoms with Crippen LogP contribution in [0.1, 0.15) is 22.7 Å². The van der Waals surface area contributed by atoms with E-state index in [2.05, 4.69) is 32.3 Å². The fourth-order valence-corrected chi connectivity index (χ4v) is 4.05. The van der Waals surface area contributed by atoms with Gasteiger partial charge in [0, 0.05) is 60.5 Å². The number of carbonyl (C=O) groups is 1. The Morgan fingerprint density at radius 3 is 2.86 bits per heavy atom. The lowest BCUT2D eigenvalue weighted by Crippen LogP contribution is -2.47. The van der Waals surface area contributed by atoms with Crippen LogP contribution in [0.25, 0.3) is 27.9 Å². The van der Waals surface area contributed by atoms with Gasteiger partial charge >= 0.3 is 0 Å². The quantitative estimate of drug-likeness (QED) is 0.637. The van der Waals surface area contributed by atoms with Crippen LogP contribution in [0.3, 0.4) is 0 Å². The highest BCUT2D eigenvalue weighted by Crippen LogP contribution is 2.31. The largest absolute Gasteiger partial charge is 0.435 e. The fourth-order valence-electron chi connectivity index (χ4n) is 4.05. The maximum atomic E-state index is 12.0. The van der Waals surface area contributed by atoms with Crippen molar-refractivity contribution in [3.63, 3.8) is 0 Å². The van der Waals surface area contributed by atoms with Gasteiger partial charge in [0.1, 0.15) is 0 Å². The predicted molar refractivity (Wildman–Crippen MR) is 112 cm³/mol. The van der Waals surface area contributed by atoms with Crippen LogP contribution in [0, 0.1) is 0 Å². The summed E-state index contributed by atoms with van der Waals surface area (Å²) in [6, 6.07) is 8.23. The molecule has 4 N–H and O–H groups in total. The maximum absolute atomic E-state index is 12.0. The highest BCUT2D eigenvalue weighted by Gasteiger charge is 2.25. The van der Waals surface area contributed by atoms with Crippen LogP contribution in [0.2, 0.25) is 0 Å². The number of primary amides is 1. The van der Waals surface area contributed by atoms with E-state index in [1.54, 1.807) is 0 Å². The normalized spacial score (nSPS) is 20.1. The summed E-state index contributed by atoms with van der Waals surface area (Å²) >= 11 is 0. The second kappa shape index (κ2) is 7.35. The molecule has 2 aromatic heterocycles. The van der Waals surface area contributed by atoms with E-state index < -0.39 is 5.91 Å². The number of amides is 1. The molecule has 1 fully saturated rings. The van der Waals surface area contributed by atoms with E-state index in [1.165, 1.54) is 0 Å². The Kier molecular flexibility index (Phi) is 4.54. The molecule has 1 aliphatic carbocycles. The standard InChI is InChI=1S/C22H23N5O2/c23-21(28)19-20(14-1-4-17(5-2-14)27-11-9-24-10-12-27)29-22(26-19)16-3-6-18-15(13-16)7-8-25-18/h1-4,6-8,13,17,24-25H,5,9-12H2,(H2,23,28). The van der Waals surface area contributed by atoms with Crippen LogP contribution in [-0.4, -0.2) is 53.0 Å². The van der Waals surface area contributed by atoms with Gasteiger partial charge in [0.2, 0.25) is 5.89 Å². The summed E-state index contributed by atoms with van der Waals surface area (Å²) in [4.78, 5) is 22.1. The van der Waals surface area contributed by atoms with Crippen molar-refractivity contribution >= 4 is 22.4 Å². The Labute approximate surface area is 168 Å². The number of hydrogen-bond acceptors (Lipinski definition) is 5. The number of hydrogen-bond donors (Lipinski definition) is 3. The number of fused-ring (bicyclic) bond motifs is 1. The monoisotopic (exact) mass is 389 g/mol. The lowest BCUT2D eigenvalue weighted by Gasteiger charge is -2.34. The number of nitrogens with two attached hydrogens (primary N) is 1. The van der Waals surface area contributed by atoms with Gasteiger partial charge in [0.15, 0.2) is 11.5 Å². The maximum Gasteiger partial charge on any atom is 0.271 e. The number of oxazole rings is 1. The molecule has 0 spiro atoms. The van der Waals surface area contributed by atoms with Gasteiger partial charge in [-0.2, -0.15) is 0 Å². The Hall–Kier alpha value is -3.16. The van der Waals surface area contributed by atoms with E-state index in [1.807, 2.05) is 36.5 Å². The summed E-state index contributed by atoms with van der Waals surface area (Å²) in [6.07, 6.45) is 9.06. The average molecular weight is 389 g/mol. The van der Waals surface area contributed by atoms with Crippen molar-refractivity contribution in [2.24, 2.45) is 5.73 Å². The number of allylic oxidation sites excluding steroid dienone is 2. The van der Waals surface area contributed by atoms with Crippen molar-refractivity contribution < 1.29 is 9.21 Å². The second-order valence-electron chi connectivity index (χ2n) is 7.45. The molecular formula is C22H23N5O2. The first-order valence-corrected chi connectivity index (χ1v) is 9.91. The predicted octanol–water partition coefficient (Wildman–Crippen LogP) is 2.54. The molecular weight excluding hydrogens is 366 g/mol. The van der Waals surface area contributed by atoms with Crippen LogP contribution in [0.4, 0.5) is 0 Å². The molecule has 0 radical (unpaired) electrons. The second-order valence-corrected chi connectivity index (χ2v) is 7.45. The number of rotatable bonds is 4. The molecule has 5 rings (SSSR count). The minimum atomic E-state index is -0.587. The molecule has 1 saturated heterocycles. The molecule has 7 nitrogen and oxygen atoms in total. The number of aromatic nitrogens is 2. The van der Waals surface area contributed by atoms with E-state index in [9.17, 15) is 4.79 Å². The Morgan fingerprint density at radius 1 is 1.24 bits per heavy atom. The van der Waals surface area contributed by atoms with Crippen LogP contribution < -0.4 is 11.1 Å². The molecule has 1 aliphatic heterocycles. The topological polar surface area (TPSA) is 100 Å². The number of aromatic amines is 1. The van der Waals surface area contributed by atoms with Gasteiger partial charge in [-0.3, -0.25) is 9.69 Å². The van der Waals surface area contributed by atoms with Crippen molar-refractivity contribution in [3.05, 3.63) is 60.1 Å². The summed E-state index contributed by atoms with van der Waals surface area (Å²) in [7, 11) is 0. The highest BCUT2D eigenvalue weighted by molar-refractivity contribution is 5.97. The number of nitrogens with zero attached hydrogens (tertiary/aromatic N) is 2. The Morgan fingerprint density at radius 2 is 2.10 bits per heavy atom. The van der Waals surface area contributed by atoms with E-state index in [0.29, 0.717) is 17.7 Å². The summed E-state index contributed by atoms with van der Waals surface area (Å²) in [5.41, 5.74) is 8.47. The van der Waals surface area contributed by atoms with Crippen molar-refractivity contribution in [1.82, 2.24) is 20.2 Å². The van der Waals surface area contributed by atoms with Crippen LogP contribution in [-0.2, 0) is 0 Å². The number of carbonyl (C=O) groups excluding carboxylic acids is 1. The number of piperazine rings is 1. The van der Waals surface area contributed by atoms with Crippen LogP contribution in [0.15, 0.2) is 53.1 Å². The summed E-state index contributed by atoms with van der Waals surface area (Å²) in [5, 5.41) is 4.43. The fraction of sp³-hybridized carbons (Fsp3) is 0.273. The van der Waals surface area contributed by atoms with E-state index in [0.717, 1.165) is 54.6 Å². The molecule has 0 saturated carbocycles. The molecule has 1 atom stereocenters. The van der Waals surface area contributed by atoms with Crippen molar-refractivity contribution in [2.45, 2.75) is 12.5 Å². The highest BCUT2D eigenvalue weighted by atomic mass is 16.4. The van der Waals surface area contributed by atoms with E-state index in [4.69, 9.17) is 10.2 Å². The third-order valence-electron chi connectivity index (χ3n) is 5.62. The minimum absolute atomic E-state index is 0.172. The number of nitrogens with one attached hydrogen (secondary N) is 2. The van der Waals surface area contributed by atoms with Gasteiger partial charge in [-0.05, 0) is 30.7 Å². The zero-order valence-corrected chi connectivity index (χ0v) is 16.0. The molecule has 29 heavy (non-hydrogen) atoms. The van der Waals surface area contributed by atoms with E-state index >= 15 is 0 Å². The first-order valence-electron chi connectivity index (χ1n) is 9.91. The molecule has 3 heterocycles. The molecule has 1 aromatic carbocycles. The number of H-pyrrole nitrogens is 1. The lowest BCUT2D eigenvalue weighted by molar-refractivity contribution is 0.0995. The van der Waals surface area contributed by atoms with E-state index in [-0.39, 0.29) is 5.69 Å². The van der Waals surface area contributed by atoms with Gasteiger partial charge in [0.25, 0.3) is 5.91 Å². The third kappa shape index (κ3) is 3.39. The Balaban J connectivity index is 1.45. The van der Waals surface area contributed by atoms with Crippen molar-refractivity contribution in [1.29, 1.82) is 0 Å². The first-order chi connectivity index (χ1) is 14.2. The summed E-state index contributed by atoms with van der Waals surface area (Å²) in [5.74, 6) is 0.253. The number of benzene rings is 1. The first kappa shape index (κ1) is 17.9. The molecule has 2 aliphatic rings. The molecule has 7 heteroatoms. The van der Waals surface area contributed by atoms with Crippen LogP contribution >= 0.6 is 0 Å². The zero-order valence-electron chi connectivity index (χ0n) is 16.0. The molecule has 0 bridgehead atoms. The van der Waals surface area contributed by atoms with Crippen LogP contribution in [0.5, 0.6) is 0 Å². The summed E-state index contributed by atoms with van der Waals surface area (Å²) < 4.78 is 6.04. The molecule has 1 unspecified atom stereocenters. The summed E-state index contributed by atoms with van der Waals surface area (Å²) in [6.45, 7) is 4.12. The third-order valence-corrected chi connectivity index (χ3v) is 5.62. The lowest BCUT2D eigenvalue weighted by atomic mass is 9.98. The van der Waals surface area contributed by atoms with Gasteiger partial charge in [-0.1, -0.05) is 18.2 Å². The van der Waals surface area contributed by atoms with Gasteiger partial charge in [0.05, 0.1) is 0 Å². The van der Waals surface area contributed by atoms with Crippen molar-refractivity contribution in [3.8, 4) is 11.5 Å². The smallest absolute Gasteiger partial charge is 0.271 e. The molecule has 1 amide bonds. The van der Waals surface area contributed by atoms with Crippen molar-refractivity contribution in [2.75, 3.05) is 26.2 Å². The Bertz CT molecular complexity index is 1120.